The predicted molar refractivity (Wildman–Crippen MR) is 111 cm³/mol. The molecule has 8 nitrogen and oxygen atoms in total. The lowest BCUT2D eigenvalue weighted by Gasteiger charge is -2.08. The van der Waals surface area contributed by atoms with Crippen molar-refractivity contribution in [3.8, 4) is 11.6 Å². The van der Waals surface area contributed by atoms with Crippen LogP contribution in [0.3, 0.4) is 0 Å². The highest BCUT2D eigenvalue weighted by atomic mass is 79.9. The number of nitrogens with zero attached hydrogens (tertiary/aromatic N) is 4. The molecule has 0 unspecified atom stereocenters. The van der Waals surface area contributed by atoms with Gasteiger partial charge in [-0.2, -0.15) is 4.98 Å². The zero-order valence-corrected chi connectivity index (χ0v) is 16.8. The number of aromatic nitrogens is 3. The van der Waals surface area contributed by atoms with Gasteiger partial charge in [-0.25, -0.2) is 9.97 Å². The first-order chi connectivity index (χ1) is 13.5. The topological polar surface area (TPSA) is 103 Å². The number of hydrogen-bond acceptors (Lipinski definition) is 8. The Balaban J connectivity index is 1.71. The van der Waals surface area contributed by atoms with Gasteiger partial charge in [-0.05, 0) is 42.8 Å². The molecule has 2 aromatic heterocycles. The number of aryl methyl sites for hydroxylation is 1. The summed E-state index contributed by atoms with van der Waals surface area (Å²) in [6, 6.07) is 12.7. The summed E-state index contributed by atoms with van der Waals surface area (Å²) < 4.78 is 7.46. The van der Waals surface area contributed by atoms with Crippen molar-refractivity contribution in [2.45, 2.75) is 6.92 Å². The molecule has 0 fully saturated rings. The first kappa shape index (κ1) is 18.3. The predicted octanol–water partition coefficient (Wildman–Crippen LogP) is 5.60. The van der Waals surface area contributed by atoms with Crippen LogP contribution >= 0.6 is 27.3 Å². The van der Waals surface area contributed by atoms with Crippen LogP contribution in [0.15, 0.2) is 53.3 Å². The molecule has 10 heteroatoms. The molecule has 0 spiro atoms. The standard InChI is InChI=1S/C18H12BrN5O3S/c1-10-3-2-4-13-14(10)22-18(28-13)23-16-15(24(25)26)17(21-9-20-16)27-12-7-5-11(19)6-8-12/h2-9H,1H3,(H,20,21,22,23). The van der Waals surface area contributed by atoms with Crippen LogP contribution in [0.5, 0.6) is 11.6 Å². The fraction of sp³-hybridized carbons (Fsp3) is 0.0556. The van der Waals surface area contributed by atoms with Crippen LogP contribution in [0, 0.1) is 17.0 Å². The molecular weight excluding hydrogens is 446 g/mol. The van der Waals surface area contributed by atoms with Gasteiger partial charge in [0.25, 0.3) is 0 Å². The number of nitrogens with one attached hydrogen (secondary N) is 1. The maximum absolute atomic E-state index is 11.7. The Morgan fingerprint density at radius 1 is 1.18 bits per heavy atom. The summed E-state index contributed by atoms with van der Waals surface area (Å²) in [4.78, 5) is 23.6. The van der Waals surface area contributed by atoms with Crippen molar-refractivity contribution in [2.75, 3.05) is 5.32 Å². The van der Waals surface area contributed by atoms with E-state index in [1.807, 2.05) is 25.1 Å². The molecule has 4 rings (SSSR count). The van der Waals surface area contributed by atoms with Crippen LogP contribution in [0.1, 0.15) is 5.56 Å². The fourth-order valence-electron chi connectivity index (χ4n) is 2.55. The number of ether oxygens (including phenoxy) is 1. The summed E-state index contributed by atoms with van der Waals surface area (Å²) >= 11 is 4.72. The fourth-order valence-corrected chi connectivity index (χ4v) is 3.76. The van der Waals surface area contributed by atoms with Crippen molar-refractivity contribution in [1.29, 1.82) is 0 Å². The molecule has 2 aromatic carbocycles. The van der Waals surface area contributed by atoms with Crippen LogP contribution in [-0.4, -0.2) is 19.9 Å². The van der Waals surface area contributed by atoms with Crippen LogP contribution in [0.2, 0.25) is 0 Å². The van der Waals surface area contributed by atoms with E-state index in [0.29, 0.717) is 10.9 Å². The monoisotopic (exact) mass is 457 g/mol. The molecule has 4 aromatic rings. The largest absolute Gasteiger partial charge is 0.434 e. The minimum atomic E-state index is -0.574. The second-order valence-corrected chi connectivity index (χ2v) is 7.70. The Hall–Kier alpha value is -3.11. The molecule has 28 heavy (non-hydrogen) atoms. The van der Waals surface area contributed by atoms with Crippen molar-refractivity contribution in [3.05, 3.63) is 68.9 Å². The van der Waals surface area contributed by atoms with E-state index in [0.717, 1.165) is 20.3 Å². The minimum Gasteiger partial charge on any atom is -0.434 e. The summed E-state index contributed by atoms with van der Waals surface area (Å²) in [5.41, 5.74) is 1.51. The number of anilines is 2. The number of fused-ring (bicyclic) bond motifs is 1. The van der Waals surface area contributed by atoms with Gasteiger partial charge < -0.3 is 10.1 Å². The Bertz CT molecular complexity index is 1180. The molecule has 0 bridgehead atoms. The van der Waals surface area contributed by atoms with Gasteiger partial charge in [0.2, 0.25) is 5.82 Å². The van der Waals surface area contributed by atoms with Crippen molar-refractivity contribution < 1.29 is 9.66 Å². The lowest BCUT2D eigenvalue weighted by atomic mass is 10.2. The summed E-state index contributed by atoms with van der Waals surface area (Å²) in [5, 5.41) is 15.1. The molecule has 0 amide bonds. The van der Waals surface area contributed by atoms with Gasteiger partial charge in [0.15, 0.2) is 5.13 Å². The van der Waals surface area contributed by atoms with Gasteiger partial charge in [-0.1, -0.05) is 39.4 Å². The van der Waals surface area contributed by atoms with Crippen LogP contribution in [-0.2, 0) is 0 Å². The molecule has 2 heterocycles. The zero-order valence-electron chi connectivity index (χ0n) is 14.4. The van der Waals surface area contributed by atoms with Crippen molar-refractivity contribution in [3.63, 3.8) is 0 Å². The summed E-state index contributed by atoms with van der Waals surface area (Å²) in [5.74, 6) is 0.289. The van der Waals surface area contributed by atoms with E-state index in [2.05, 4.69) is 36.2 Å². The number of nitro groups is 1. The molecule has 0 aliphatic rings. The van der Waals surface area contributed by atoms with Gasteiger partial charge >= 0.3 is 11.6 Å². The maximum Gasteiger partial charge on any atom is 0.373 e. The Kier molecular flexibility index (Phi) is 4.88. The second-order valence-electron chi connectivity index (χ2n) is 5.75. The van der Waals surface area contributed by atoms with E-state index in [1.54, 1.807) is 24.3 Å². The summed E-state index contributed by atoms with van der Waals surface area (Å²) in [6.45, 7) is 1.96. The summed E-state index contributed by atoms with van der Waals surface area (Å²) in [7, 11) is 0. The van der Waals surface area contributed by atoms with Crippen LogP contribution < -0.4 is 10.1 Å². The van der Waals surface area contributed by atoms with Crippen LogP contribution in [0.25, 0.3) is 10.2 Å². The SMILES string of the molecule is Cc1cccc2sc(Nc3ncnc(Oc4ccc(Br)cc4)c3[N+](=O)[O-])nc12. The minimum absolute atomic E-state index is 0.0174. The number of hydrogen-bond donors (Lipinski definition) is 1. The Morgan fingerprint density at radius 3 is 2.68 bits per heavy atom. The third kappa shape index (κ3) is 3.64. The molecule has 0 aliphatic carbocycles. The lowest BCUT2D eigenvalue weighted by molar-refractivity contribution is -0.385. The number of thiazole rings is 1. The van der Waals surface area contributed by atoms with E-state index in [-0.39, 0.29) is 17.4 Å². The Labute approximate surface area is 171 Å². The average Bonchev–Trinajstić information content (AvgIpc) is 3.07. The van der Waals surface area contributed by atoms with Gasteiger partial charge in [0, 0.05) is 4.47 Å². The third-order valence-corrected chi connectivity index (χ3v) is 5.31. The molecule has 140 valence electrons. The quantitative estimate of drug-likeness (QED) is 0.307. The Morgan fingerprint density at radius 2 is 1.96 bits per heavy atom. The van der Waals surface area contributed by atoms with Gasteiger partial charge in [0.05, 0.1) is 15.1 Å². The first-order valence-electron chi connectivity index (χ1n) is 8.07. The summed E-state index contributed by atoms with van der Waals surface area (Å²) in [6.07, 6.45) is 1.21. The highest BCUT2D eigenvalue weighted by molar-refractivity contribution is 9.10. The number of benzene rings is 2. The van der Waals surface area contributed by atoms with E-state index in [4.69, 9.17) is 4.74 Å². The molecule has 0 saturated carbocycles. The molecular formula is C18H12BrN5O3S. The van der Waals surface area contributed by atoms with Crippen molar-refractivity contribution in [2.24, 2.45) is 0 Å². The molecule has 1 N–H and O–H groups in total. The van der Waals surface area contributed by atoms with E-state index in [9.17, 15) is 10.1 Å². The lowest BCUT2D eigenvalue weighted by Crippen LogP contribution is -2.03. The number of para-hydroxylation sites is 1. The zero-order chi connectivity index (χ0) is 19.7. The van der Waals surface area contributed by atoms with E-state index >= 15 is 0 Å². The van der Waals surface area contributed by atoms with E-state index in [1.165, 1.54) is 17.7 Å². The highest BCUT2D eigenvalue weighted by Gasteiger charge is 2.26. The highest BCUT2D eigenvalue weighted by Crippen LogP contribution is 2.37. The average molecular weight is 458 g/mol. The third-order valence-electron chi connectivity index (χ3n) is 3.85. The first-order valence-corrected chi connectivity index (χ1v) is 9.68. The van der Waals surface area contributed by atoms with Gasteiger partial charge in [0.1, 0.15) is 12.1 Å². The van der Waals surface area contributed by atoms with Crippen molar-refractivity contribution in [1.82, 2.24) is 15.0 Å². The molecule has 0 saturated heterocycles. The normalized spacial score (nSPS) is 10.8. The number of halogens is 1. The maximum atomic E-state index is 11.7. The van der Waals surface area contributed by atoms with Crippen LogP contribution in [0.4, 0.5) is 16.6 Å². The molecule has 0 radical (unpaired) electrons. The smallest absolute Gasteiger partial charge is 0.373 e. The van der Waals surface area contributed by atoms with Crippen molar-refractivity contribution >= 4 is 54.1 Å². The second kappa shape index (κ2) is 7.49. The van der Waals surface area contributed by atoms with Gasteiger partial charge in [-0.3, -0.25) is 10.1 Å². The molecule has 0 aliphatic heterocycles. The van der Waals surface area contributed by atoms with Gasteiger partial charge in [-0.15, -0.1) is 0 Å². The molecule has 0 atom stereocenters. The number of rotatable bonds is 5. The van der Waals surface area contributed by atoms with E-state index < -0.39 is 4.92 Å².